The molecule has 0 atom stereocenters. The number of aromatic nitrogens is 1. The average Bonchev–Trinajstić information content (AvgIpc) is 2.76. The Morgan fingerprint density at radius 1 is 1.24 bits per heavy atom. The number of rotatable bonds is 3. The molecule has 3 nitrogen and oxygen atoms in total. The van der Waals surface area contributed by atoms with Crippen molar-refractivity contribution in [2.45, 2.75) is 6.54 Å². The highest BCUT2D eigenvalue weighted by Crippen LogP contribution is 2.26. The molecule has 1 aromatic heterocycles. The topological polar surface area (TPSA) is 42.2 Å². The molecule has 0 amide bonds. The maximum absolute atomic E-state index is 13.7. The number of halogens is 2. The molecule has 5 heteroatoms. The summed E-state index contributed by atoms with van der Waals surface area (Å²) in [5, 5.41) is 10.4. The fourth-order valence-electron chi connectivity index (χ4n) is 2.36. The van der Waals surface area contributed by atoms with Crippen molar-refractivity contribution in [3.8, 4) is 0 Å². The molecule has 0 unspecified atom stereocenters. The molecule has 0 fully saturated rings. The van der Waals surface area contributed by atoms with Crippen molar-refractivity contribution in [3.63, 3.8) is 0 Å². The zero-order valence-electron chi connectivity index (χ0n) is 10.9. The van der Waals surface area contributed by atoms with Crippen LogP contribution in [0.4, 0.5) is 4.39 Å². The smallest absolute Gasteiger partial charge is 0.338 e. The third kappa shape index (κ3) is 2.50. The molecular weight excluding hydrogens is 293 g/mol. The fourth-order valence-corrected chi connectivity index (χ4v) is 2.64. The quantitative estimate of drug-likeness (QED) is 0.788. The summed E-state index contributed by atoms with van der Waals surface area (Å²) in [4.78, 5) is 10.8. The number of benzene rings is 2. The summed E-state index contributed by atoms with van der Waals surface area (Å²) in [5.74, 6) is -2.00. The number of carboxylic acids is 1. The molecule has 0 radical (unpaired) electrons. The number of hydrogen-bond acceptors (Lipinski definition) is 1. The van der Waals surface area contributed by atoms with Crippen LogP contribution in [0.25, 0.3) is 10.9 Å². The van der Waals surface area contributed by atoms with Gasteiger partial charge in [0.25, 0.3) is 0 Å². The maximum Gasteiger partial charge on any atom is 0.338 e. The van der Waals surface area contributed by atoms with Crippen LogP contribution in [0, 0.1) is 5.82 Å². The molecule has 0 aliphatic heterocycles. The van der Waals surface area contributed by atoms with E-state index in [1.807, 2.05) is 28.8 Å². The number of fused-ring (bicyclic) bond motifs is 1. The van der Waals surface area contributed by atoms with Gasteiger partial charge in [0.2, 0.25) is 0 Å². The van der Waals surface area contributed by atoms with Crippen molar-refractivity contribution in [1.29, 1.82) is 0 Å². The molecule has 1 N–H and O–H groups in total. The molecule has 0 spiro atoms. The van der Waals surface area contributed by atoms with E-state index in [0.29, 0.717) is 17.1 Å². The maximum atomic E-state index is 13.7. The van der Waals surface area contributed by atoms with Crippen LogP contribution in [0.15, 0.2) is 48.7 Å². The van der Waals surface area contributed by atoms with Crippen LogP contribution in [0.1, 0.15) is 15.9 Å². The molecule has 0 saturated carbocycles. The highest BCUT2D eigenvalue weighted by atomic mass is 35.5. The van der Waals surface area contributed by atoms with E-state index in [4.69, 9.17) is 16.7 Å². The van der Waals surface area contributed by atoms with Crippen molar-refractivity contribution >= 4 is 28.5 Å². The molecule has 0 aliphatic rings. The van der Waals surface area contributed by atoms with Crippen LogP contribution in [-0.4, -0.2) is 15.6 Å². The normalized spacial score (nSPS) is 11.0. The van der Waals surface area contributed by atoms with Gasteiger partial charge in [0.05, 0.1) is 10.6 Å². The molecule has 3 rings (SSSR count). The van der Waals surface area contributed by atoms with Crippen molar-refractivity contribution in [1.82, 2.24) is 4.57 Å². The predicted octanol–water partition coefficient (Wildman–Crippen LogP) is 4.18. The summed E-state index contributed by atoms with van der Waals surface area (Å²) in [6.45, 7) is 0.421. The predicted molar refractivity (Wildman–Crippen MR) is 79.4 cm³/mol. The Hall–Kier alpha value is -2.33. The summed E-state index contributed by atoms with van der Waals surface area (Å²) in [6.07, 6.45) is 1.79. The van der Waals surface area contributed by atoms with Gasteiger partial charge in [0, 0.05) is 23.6 Å². The van der Waals surface area contributed by atoms with E-state index in [1.54, 1.807) is 12.3 Å². The molecular formula is C16H11ClFNO2. The largest absolute Gasteiger partial charge is 0.478 e. The van der Waals surface area contributed by atoms with Gasteiger partial charge < -0.3 is 9.67 Å². The van der Waals surface area contributed by atoms with Gasteiger partial charge >= 0.3 is 5.97 Å². The van der Waals surface area contributed by atoms with Crippen molar-refractivity contribution in [2.75, 3.05) is 0 Å². The van der Waals surface area contributed by atoms with Gasteiger partial charge in [-0.25, -0.2) is 9.18 Å². The lowest BCUT2D eigenvalue weighted by molar-refractivity contribution is 0.0692. The van der Waals surface area contributed by atoms with Crippen molar-refractivity contribution < 1.29 is 14.3 Å². The number of hydrogen-bond donors (Lipinski definition) is 1. The lowest BCUT2D eigenvalue weighted by Gasteiger charge is -2.07. The van der Waals surface area contributed by atoms with E-state index in [0.717, 1.165) is 10.9 Å². The summed E-state index contributed by atoms with van der Waals surface area (Å²) in [6, 6.07) is 11.8. The van der Waals surface area contributed by atoms with E-state index in [-0.39, 0.29) is 5.56 Å². The van der Waals surface area contributed by atoms with Crippen LogP contribution in [0.2, 0.25) is 5.02 Å². The van der Waals surface area contributed by atoms with Crippen LogP contribution < -0.4 is 0 Å². The van der Waals surface area contributed by atoms with Gasteiger partial charge in [-0.05, 0) is 23.8 Å². The lowest BCUT2D eigenvalue weighted by atomic mass is 10.1. The second-order valence-corrected chi connectivity index (χ2v) is 5.15. The first-order valence-electron chi connectivity index (χ1n) is 6.31. The number of aromatic carboxylic acids is 1. The first kappa shape index (κ1) is 13.6. The van der Waals surface area contributed by atoms with E-state index in [9.17, 15) is 9.18 Å². The standard InChI is InChI=1S/C16H11ClFNO2/c17-13-9-19(15-4-2-1-3-11(13)15)8-10-5-6-12(16(20)21)14(18)7-10/h1-7,9H,8H2,(H,20,21). The zero-order chi connectivity index (χ0) is 15.0. The monoisotopic (exact) mass is 303 g/mol. The summed E-state index contributed by atoms with van der Waals surface area (Å²) < 4.78 is 15.6. The number of carbonyl (C=O) groups is 1. The minimum Gasteiger partial charge on any atom is -0.478 e. The Morgan fingerprint density at radius 2 is 2.00 bits per heavy atom. The van der Waals surface area contributed by atoms with Gasteiger partial charge in [0.1, 0.15) is 5.82 Å². The van der Waals surface area contributed by atoms with Gasteiger partial charge in [-0.3, -0.25) is 0 Å². The number of para-hydroxylation sites is 1. The second kappa shape index (κ2) is 5.22. The molecule has 0 aliphatic carbocycles. The minimum absolute atomic E-state index is 0.325. The highest BCUT2D eigenvalue weighted by Gasteiger charge is 2.11. The van der Waals surface area contributed by atoms with Crippen LogP contribution in [0.5, 0.6) is 0 Å². The van der Waals surface area contributed by atoms with E-state index in [1.165, 1.54) is 12.1 Å². The fraction of sp³-hybridized carbons (Fsp3) is 0.0625. The van der Waals surface area contributed by atoms with E-state index < -0.39 is 11.8 Å². The molecule has 21 heavy (non-hydrogen) atoms. The molecule has 0 saturated heterocycles. The Morgan fingerprint density at radius 3 is 2.71 bits per heavy atom. The van der Waals surface area contributed by atoms with Crippen LogP contribution in [-0.2, 0) is 6.54 Å². The first-order chi connectivity index (χ1) is 10.1. The minimum atomic E-state index is -1.27. The Kier molecular flexibility index (Phi) is 3.39. The summed E-state index contributed by atoms with van der Waals surface area (Å²) >= 11 is 6.17. The van der Waals surface area contributed by atoms with Crippen molar-refractivity contribution in [3.05, 3.63) is 70.6 Å². The van der Waals surface area contributed by atoms with Gasteiger partial charge in [-0.15, -0.1) is 0 Å². The Bertz CT molecular complexity index is 841. The first-order valence-corrected chi connectivity index (χ1v) is 6.69. The third-order valence-corrected chi connectivity index (χ3v) is 3.66. The molecule has 2 aromatic carbocycles. The number of carboxylic acid groups (broad SMARTS) is 1. The Balaban J connectivity index is 1.99. The van der Waals surface area contributed by atoms with Crippen LogP contribution in [0.3, 0.4) is 0 Å². The van der Waals surface area contributed by atoms with Gasteiger partial charge in [0.15, 0.2) is 0 Å². The lowest BCUT2D eigenvalue weighted by Crippen LogP contribution is -2.03. The SMILES string of the molecule is O=C(O)c1ccc(Cn2cc(Cl)c3ccccc32)cc1F. The molecule has 106 valence electrons. The van der Waals surface area contributed by atoms with Gasteiger partial charge in [-0.2, -0.15) is 0 Å². The second-order valence-electron chi connectivity index (χ2n) is 4.74. The molecule has 0 bridgehead atoms. The average molecular weight is 304 g/mol. The van der Waals surface area contributed by atoms with E-state index >= 15 is 0 Å². The van der Waals surface area contributed by atoms with Crippen molar-refractivity contribution in [2.24, 2.45) is 0 Å². The van der Waals surface area contributed by atoms with Crippen LogP contribution >= 0.6 is 11.6 Å². The zero-order valence-corrected chi connectivity index (χ0v) is 11.6. The molecule has 1 heterocycles. The third-order valence-electron chi connectivity index (χ3n) is 3.36. The van der Waals surface area contributed by atoms with E-state index in [2.05, 4.69) is 0 Å². The highest BCUT2D eigenvalue weighted by molar-refractivity contribution is 6.35. The summed E-state index contributed by atoms with van der Waals surface area (Å²) in [7, 11) is 0. The number of nitrogens with zero attached hydrogens (tertiary/aromatic N) is 1. The summed E-state index contributed by atoms with van der Waals surface area (Å²) in [5.41, 5.74) is 1.30. The Labute approximate surface area is 125 Å². The van der Waals surface area contributed by atoms with Gasteiger partial charge in [-0.1, -0.05) is 35.9 Å². The molecule has 3 aromatic rings.